The highest BCUT2D eigenvalue weighted by Gasteiger charge is 2.24. The number of rotatable bonds is 2. The van der Waals surface area contributed by atoms with E-state index in [2.05, 4.69) is 10.3 Å². The molecule has 2 aromatic rings. The Hall–Kier alpha value is -1.74. The van der Waals surface area contributed by atoms with Gasteiger partial charge in [0.05, 0.1) is 11.6 Å². The van der Waals surface area contributed by atoms with Crippen molar-refractivity contribution in [1.29, 1.82) is 0 Å². The van der Waals surface area contributed by atoms with Crippen molar-refractivity contribution in [1.82, 2.24) is 10.3 Å². The van der Waals surface area contributed by atoms with Gasteiger partial charge in [-0.3, -0.25) is 9.78 Å². The molecule has 1 unspecified atom stereocenters. The van der Waals surface area contributed by atoms with Crippen LogP contribution in [0, 0.1) is 0 Å². The third-order valence-electron chi connectivity index (χ3n) is 3.29. The SMILES string of the molecule is O=C(c1cccc2ncccc12)C1CCCN1. The van der Waals surface area contributed by atoms with Crippen LogP contribution in [0.2, 0.25) is 0 Å². The zero-order valence-electron chi connectivity index (χ0n) is 9.52. The van der Waals surface area contributed by atoms with Gasteiger partial charge in [-0.1, -0.05) is 18.2 Å². The topological polar surface area (TPSA) is 42.0 Å². The summed E-state index contributed by atoms with van der Waals surface area (Å²) in [5, 5.41) is 4.20. The minimum atomic E-state index is -0.0131. The monoisotopic (exact) mass is 226 g/mol. The van der Waals surface area contributed by atoms with Crippen LogP contribution in [-0.2, 0) is 0 Å². The Morgan fingerprint density at radius 1 is 1.29 bits per heavy atom. The summed E-state index contributed by atoms with van der Waals surface area (Å²) < 4.78 is 0. The van der Waals surface area contributed by atoms with Crippen LogP contribution in [0.25, 0.3) is 10.9 Å². The fourth-order valence-electron chi connectivity index (χ4n) is 2.41. The molecule has 1 saturated heterocycles. The lowest BCUT2D eigenvalue weighted by Crippen LogP contribution is -2.30. The lowest BCUT2D eigenvalue weighted by atomic mass is 9.99. The Bertz CT molecular complexity index is 554. The molecule has 1 atom stereocenters. The predicted molar refractivity (Wildman–Crippen MR) is 67.1 cm³/mol. The van der Waals surface area contributed by atoms with E-state index in [-0.39, 0.29) is 11.8 Å². The number of aromatic nitrogens is 1. The first-order valence-corrected chi connectivity index (χ1v) is 5.97. The van der Waals surface area contributed by atoms with Gasteiger partial charge in [0.1, 0.15) is 0 Å². The third-order valence-corrected chi connectivity index (χ3v) is 3.29. The molecule has 0 aliphatic carbocycles. The van der Waals surface area contributed by atoms with Gasteiger partial charge >= 0.3 is 0 Å². The molecular weight excluding hydrogens is 212 g/mol. The molecule has 0 saturated carbocycles. The van der Waals surface area contributed by atoms with Gasteiger partial charge in [0.2, 0.25) is 0 Å². The lowest BCUT2D eigenvalue weighted by Gasteiger charge is -2.10. The van der Waals surface area contributed by atoms with E-state index < -0.39 is 0 Å². The molecule has 3 rings (SSSR count). The number of hydrogen-bond acceptors (Lipinski definition) is 3. The zero-order valence-corrected chi connectivity index (χ0v) is 9.52. The van der Waals surface area contributed by atoms with Crippen molar-refractivity contribution in [2.24, 2.45) is 0 Å². The van der Waals surface area contributed by atoms with E-state index in [0.29, 0.717) is 0 Å². The van der Waals surface area contributed by atoms with Crippen molar-refractivity contribution in [3.05, 3.63) is 42.1 Å². The second-order valence-corrected chi connectivity index (χ2v) is 4.39. The van der Waals surface area contributed by atoms with Crippen molar-refractivity contribution in [3.63, 3.8) is 0 Å². The van der Waals surface area contributed by atoms with E-state index in [1.54, 1.807) is 6.20 Å². The van der Waals surface area contributed by atoms with E-state index in [0.717, 1.165) is 35.9 Å². The first-order valence-electron chi connectivity index (χ1n) is 5.97. The first-order chi connectivity index (χ1) is 8.36. The molecule has 1 aromatic carbocycles. The van der Waals surface area contributed by atoms with Crippen LogP contribution >= 0.6 is 0 Å². The number of ketones is 1. The van der Waals surface area contributed by atoms with E-state index in [1.807, 2.05) is 30.3 Å². The summed E-state index contributed by atoms with van der Waals surface area (Å²) in [4.78, 5) is 16.6. The summed E-state index contributed by atoms with van der Waals surface area (Å²) in [6, 6.07) is 9.56. The summed E-state index contributed by atoms with van der Waals surface area (Å²) in [6.07, 6.45) is 3.78. The maximum absolute atomic E-state index is 12.4. The number of carbonyl (C=O) groups is 1. The lowest BCUT2D eigenvalue weighted by molar-refractivity contribution is 0.0954. The van der Waals surface area contributed by atoms with Gasteiger partial charge < -0.3 is 5.32 Å². The Labute approximate surface area is 99.9 Å². The van der Waals surface area contributed by atoms with Crippen LogP contribution in [0.4, 0.5) is 0 Å². The van der Waals surface area contributed by atoms with Gasteiger partial charge in [0.15, 0.2) is 5.78 Å². The number of Topliss-reactive ketones (excluding diaryl/α,β-unsaturated/α-hetero) is 1. The van der Waals surface area contributed by atoms with Crippen LogP contribution in [0.5, 0.6) is 0 Å². The Morgan fingerprint density at radius 2 is 2.24 bits per heavy atom. The quantitative estimate of drug-likeness (QED) is 0.798. The minimum absolute atomic E-state index is 0.0131. The molecule has 2 heterocycles. The molecule has 1 aliphatic heterocycles. The predicted octanol–water partition coefficient (Wildman–Crippen LogP) is 2.17. The van der Waals surface area contributed by atoms with Gasteiger partial charge in [-0.15, -0.1) is 0 Å². The molecule has 3 nitrogen and oxygen atoms in total. The fourth-order valence-corrected chi connectivity index (χ4v) is 2.41. The second kappa shape index (κ2) is 4.26. The molecule has 1 fully saturated rings. The van der Waals surface area contributed by atoms with Crippen molar-refractivity contribution < 1.29 is 4.79 Å². The van der Waals surface area contributed by atoms with Crippen molar-refractivity contribution in [3.8, 4) is 0 Å². The van der Waals surface area contributed by atoms with Gasteiger partial charge in [-0.2, -0.15) is 0 Å². The number of nitrogens with zero attached hydrogens (tertiary/aromatic N) is 1. The number of hydrogen-bond donors (Lipinski definition) is 1. The molecule has 1 aliphatic rings. The largest absolute Gasteiger partial charge is 0.307 e. The first kappa shape index (κ1) is 10.4. The number of benzene rings is 1. The van der Waals surface area contributed by atoms with Gasteiger partial charge in [-0.25, -0.2) is 0 Å². The highest BCUT2D eigenvalue weighted by Crippen LogP contribution is 2.20. The molecule has 1 aromatic heterocycles. The van der Waals surface area contributed by atoms with Crippen LogP contribution < -0.4 is 5.32 Å². The van der Waals surface area contributed by atoms with Crippen molar-refractivity contribution in [2.45, 2.75) is 18.9 Å². The molecule has 0 amide bonds. The maximum Gasteiger partial charge on any atom is 0.180 e. The van der Waals surface area contributed by atoms with Crippen LogP contribution in [0.3, 0.4) is 0 Å². The Morgan fingerprint density at radius 3 is 3.06 bits per heavy atom. The average molecular weight is 226 g/mol. The minimum Gasteiger partial charge on any atom is -0.307 e. The zero-order chi connectivity index (χ0) is 11.7. The molecule has 0 bridgehead atoms. The van der Waals surface area contributed by atoms with Gasteiger partial charge in [-0.05, 0) is 31.5 Å². The standard InChI is InChI=1S/C14H14N2O/c17-14(13-7-3-9-16-13)11-4-1-6-12-10(11)5-2-8-15-12/h1-2,4-6,8,13,16H,3,7,9H2. The molecule has 0 radical (unpaired) electrons. The molecular formula is C14H14N2O. The van der Waals surface area contributed by atoms with Crippen LogP contribution in [0.15, 0.2) is 36.5 Å². The highest BCUT2D eigenvalue weighted by molar-refractivity contribution is 6.09. The third kappa shape index (κ3) is 1.83. The summed E-state index contributed by atoms with van der Waals surface area (Å²) in [5.41, 5.74) is 1.67. The number of pyridine rings is 1. The van der Waals surface area contributed by atoms with Crippen LogP contribution in [-0.4, -0.2) is 23.4 Å². The summed E-state index contributed by atoms with van der Waals surface area (Å²) in [7, 11) is 0. The normalized spacial score (nSPS) is 19.6. The molecule has 0 spiro atoms. The molecule has 3 heteroatoms. The van der Waals surface area contributed by atoms with E-state index in [4.69, 9.17) is 0 Å². The smallest absolute Gasteiger partial charge is 0.180 e. The Balaban J connectivity index is 2.07. The van der Waals surface area contributed by atoms with Crippen molar-refractivity contribution >= 4 is 16.7 Å². The number of fused-ring (bicyclic) bond motifs is 1. The van der Waals surface area contributed by atoms with Gasteiger partial charge in [0, 0.05) is 17.1 Å². The maximum atomic E-state index is 12.4. The highest BCUT2D eigenvalue weighted by atomic mass is 16.1. The summed E-state index contributed by atoms with van der Waals surface area (Å²) >= 11 is 0. The summed E-state index contributed by atoms with van der Waals surface area (Å²) in [5.74, 6) is 0.195. The Kier molecular flexibility index (Phi) is 2.61. The number of nitrogens with one attached hydrogen (secondary N) is 1. The average Bonchev–Trinajstić information content (AvgIpc) is 2.91. The summed E-state index contributed by atoms with van der Waals surface area (Å²) in [6.45, 7) is 0.944. The van der Waals surface area contributed by atoms with Gasteiger partial charge in [0.25, 0.3) is 0 Å². The molecule has 86 valence electrons. The molecule has 1 N–H and O–H groups in total. The van der Waals surface area contributed by atoms with E-state index in [9.17, 15) is 4.79 Å². The fraction of sp³-hybridized carbons (Fsp3) is 0.286. The second-order valence-electron chi connectivity index (χ2n) is 4.39. The van der Waals surface area contributed by atoms with Crippen LogP contribution in [0.1, 0.15) is 23.2 Å². The van der Waals surface area contributed by atoms with E-state index >= 15 is 0 Å². The number of carbonyl (C=O) groups excluding carboxylic acids is 1. The van der Waals surface area contributed by atoms with E-state index in [1.165, 1.54) is 0 Å². The van der Waals surface area contributed by atoms with Crippen molar-refractivity contribution in [2.75, 3.05) is 6.54 Å². The molecule has 17 heavy (non-hydrogen) atoms.